The number of hydrogen-bond donors (Lipinski definition) is 3. The predicted octanol–water partition coefficient (Wildman–Crippen LogP) is 2.93. The monoisotopic (exact) mass is 343 g/mol. The smallest absolute Gasteiger partial charge is 0.253 e. The fourth-order valence-electron chi connectivity index (χ4n) is 2.36. The van der Waals surface area contributed by atoms with Crippen molar-refractivity contribution in [1.29, 1.82) is 0 Å². The third-order valence-electron chi connectivity index (χ3n) is 3.90. The van der Waals surface area contributed by atoms with E-state index in [9.17, 15) is 9.59 Å². The molecule has 0 radical (unpaired) electrons. The van der Waals surface area contributed by atoms with Crippen LogP contribution in [-0.4, -0.2) is 24.4 Å². The van der Waals surface area contributed by atoms with Crippen LogP contribution in [0, 0.1) is 0 Å². The molecule has 1 fully saturated rings. The summed E-state index contributed by atoms with van der Waals surface area (Å²) in [6.45, 7) is 2.22. The zero-order valence-corrected chi connectivity index (χ0v) is 14.4. The Bertz CT molecular complexity index is 711. The molecule has 1 aliphatic rings. The molecule has 2 aromatic rings. The van der Waals surface area contributed by atoms with Gasteiger partial charge in [0.1, 0.15) is 0 Å². The van der Waals surface area contributed by atoms with Gasteiger partial charge in [0, 0.05) is 17.0 Å². The van der Waals surface area contributed by atoms with Crippen LogP contribution in [-0.2, 0) is 4.79 Å². The Morgan fingerprint density at radius 3 is 2.71 bits per heavy atom. The van der Waals surface area contributed by atoms with Gasteiger partial charge in [0.2, 0.25) is 5.91 Å². The van der Waals surface area contributed by atoms with Gasteiger partial charge in [0.05, 0.1) is 17.8 Å². The molecular weight excluding hydrogens is 322 g/mol. The van der Waals surface area contributed by atoms with Crippen molar-refractivity contribution in [2.75, 3.05) is 11.9 Å². The van der Waals surface area contributed by atoms with Crippen LogP contribution in [0.25, 0.3) is 0 Å². The van der Waals surface area contributed by atoms with Crippen molar-refractivity contribution >= 4 is 28.8 Å². The molecule has 1 aromatic carbocycles. The lowest BCUT2D eigenvalue weighted by Gasteiger charge is -2.14. The van der Waals surface area contributed by atoms with Crippen molar-refractivity contribution in [3.8, 4) is 0 Å². The number of amides is 2. The second kappa shape index (κ2) is 7.59. The van der Waals surface area contributed by atoms with Crippen molar-refractivity contribution in [1.82, 2.24) is 10.6 Å². The molecule has 3 N–H and O–H groups in total. The lowest BCUT2D eigenvalue weighted by molar-refractivity contribution is -0.115. The minimum absolute atomic E-state index is 0.115. The van der Waals surface area contributed by atoms with E-state index in [0.29, 0.717) is 11.3 Å². The Balaban J connectivity index is 1.56. The van der Waals surface area contributed by atoms with Crippen LogP contribution in [0.2, 0.25) is 0 Å². The van der Waals surface area contributed by atoms with E-state index in [1.165, 1.54) is 4.88 Å². The molecule has 1 saturated carbocycles. The first kappa shape index (κ1) is 16.7. The van der Waals surface area contributed by atoms with Crippen molar-refractivity contribution in [3.63, 3.8) is 0 Å². The maximum atomic E-state index is 12.2. The third kappa shape index (κ3) is 4.43. The number of carbonyl (C=O) groups is 2. The zero-order chi connectivity index (χ0) is 16.9. The van der Waals surface area contributed by atoms with E-state index in [0.717, 1.165) is 12.8 Å². The summed E-state index contributed by atoms with van der Waals surface area (Å²) in [4.78, 5) is 25.6. The van der Waals surface area contributed by atoms with Crippen LogP contribution in [0.4, 0.5) is 5.69 Å². The van der Waals surface area contributed by atoms with E-state index in [1.807, 2.05) is 30.5 Å². The Kier molecular flexibility index (Phi) is 5.27. The molecule has 0 saturated heterocycles. The highest BCUT2D eigenvalue weighted by atomic mass is 32.1. The summed E-state index contributed by atoms with van der Waals surface area (Å²) in [6.07, 6.45) is 2.07. The molecule has 24 heavy (non-hydrogen) atoms. The molecule has 0 unspecified atom stereocenters. The Hall–Kier alpha value is -2.18. The first-order valence-corrected chi connectivity index (χ1v) is 8.98. The lowest BCUT2D eigenvalue weighted by Crippen LogP contribution is -2.31. The summed E-state index contributed by atoms with van der Waals surface area (Å²) < 4.78 is 0. The molecule has 1 aliphatic carbocycles. The molecule has 1 atom stereocenters. The number of thiophene rings is 1. The highest BCUT2D eigenvalue weighted by Crippen LogP contribution is 2.22. The molecule has 5 nitrogen and oxygen atoms in total. The molecule has 6 heteroatoms. The summed E-state index contributed by atoms with van der Waals surface area (Å²) >= 11 is 1.66. The summed E-state index contributed by atoms with van der Waals surface area (Å²) in [6, 6.07) is 11.5. The Morgan fingerprint density at radius 2 is 2.00 bits per heavy atom. The first-order valence-electron chi connectivity index (χ1n) is 8.10. The van der Waals surface area contributed by atoms with Crippen molar-refractivity contribution < 1.29 is 9.59 Å². The minimum atomic E-state index is -0.162. The highest BCUT2D eigenvalue weighted by Gasteiger charge is 2.25. The topological polar surface area (TPSA) is 70.2 Å². The van der Waals surface area contributed by atoms with Crippen molar-refractivity contribution in [2.45, 2.75) is 31.8 Å². The summed E-state index contributed by atoms with van der Waals surface area (Å²) in [7, 11) is 0. The van der Waals surface area contributed by atoms with Crippen molar-refractivity contribution in [3.05, 3.63) is 52.2 Å². The maximum absolute atomic E-state index is 12.2. The molecule has 1 aromatic heterocycles. The van der Waals surface area contributed by atoms with Crippen molar-refractivity contribution in [2.24, 2.45) is 0 Å². The number of anilines is 1. The fraction of sp³-hybridized carbons (Fsp3) is 0.333. The van der Waals surface area contributed by atoms with Gasteiger partial charge >= 0.3 is 0 Å². The Morgan fingerprint density at radius 1 is 1.21 bits per heavy atom. The zero-order valence-electron chi connectivity index (χ0n) is 13.5. The molecule has 0 aliphatic heterocycles. The van der Waals surface area contributed by atoms with Gasteiger partial charge in [-0.05, 0) is 43.3 Å². The largest absolute Gasteiger partial charge is 0.349 e. The number of nitrogens with one attached hydrogen (secondary N) is 3. The van der Waals surface area contributed by atoms with Gasteiger partial charge in [0.15, 0.2) is 0 Å². The number of benzene rings is 1. The minimum Gasteiger partial charge on any atom is -0.349 e. The molecule has 1 heterocycles. The maximum Gasteiger partial charge on any atom is 0.253 e. The Labute approximate surface area is 145 Å². The standard InChI is InChI=1S/C18H21N3O2S/c1-12(16-7-4-10-24-16)19-11-17(22)21-15-6-3-2-5-14(15)18(23)20-13-8-9-13/h2-7,10,12-13,19H,8-9,11H2,1H3,(H,20,23)(H,21,22)/t12-/m1/s1. The number of para-hydroxylation sites is 1. The first-order chi connectivity index (χ1) is 11.6. The van der Waals surface area contributed by atoms with Gasteiger partial charge in [-0.25, -0.2) is 0 Å². The molecule has 2 amide bonds. The van der Waals surface area contributed by atoms with Crippen LogP contribution < -0.4 is 16.0 Å². The molecule has 3 rings (SSSR count). The fourth-order valence-corrected chi connectivity index (χ4v) is 3.12. The van der Waals surface area contributed by atoms with E-state index in [2.05, 4.69) is 16.0 Å². The summed E-state index contributed by atoms with van der Waals surface area (Å²) in [5.41, 5.74) is 1.05. The summed E-state index contributed by atoms with van der Waals surface area (Å²) in [5, 5.41) is 11.0. The third-order valence-corrected chi connectivity index (χ3v) is 4.95. The van der Waals surface area contributed by atoms with E-state index in [4.69, 9.17) is 0 Å². The van der Waals surface area contributed by atoms with E-state index >= 15 is 0 Å². The second-order valence-electron chi connectivity index (χ2n) is 5.96. The molecule has 0 bridgehead atoms. The van der Waals surface area contributed by atoms with Gasteiger partial charge in [-0.1, -0.05) is 18.2 Å². The molecule has 0 spiro atoms. The van der Waals surface area contributed by atoms with E-state index in [-0.39, 0.29) is 30.4 Å². The lowest BCUT2D eigenvalue weighted by atomic mass is 10.1. The average Bonchev–Trinajstić information content (AvgIpc) is 3.22. The van der Waals surface area contributed by atoms with Crippen LogP contribution in [0.3, 0.4) is 0 Å². The number of carbonyl (C=O) groups excluding carboxylic acids is 2. The summed E-state index contributed by atoms with van der Waals surface area (Å²) in [5.74, 6) is -0.293. The molecular formula is C18H21N3O2S. The van der Waals surface area contributed by atoms with Gasteiger partial charge in [-0.3, -0.25) is 9.59 Å². The highest BCUT2D eigenvalue weighted by molar-refractivity contribution is 7.10. The van der Waals surface area contributed by atoms with Gasteiger partial charge in [0.25, 0.3) is 5.91 Å². The molecule has 126 valence electrons. The quantitative estimate of drug-likeness (QED) is 0.724. The predicted molar refractivity (Wildman–Crippen MR) is 96.3 cm³/mol. The van der Waals surface area contributed by atoms with Crippen LogP contribution in [0.1, 0.15) is 41.0 Å². The van der Waals surface area contributed by atoms with E-state index in [1.54, 1.807) is 29.5 Å². The van der Waals surface area contributed by atoms with Gasteiger partial charge < -0.3 is 16.0 Å². The second-order valence-corrected chi connectivity index (χ2v) is 6.94. The number of hydrogen-bond acceptors (Lipinski definition) is 4. The van der Waals surface area contributed by atoms with E-state index < -0.39 is 0 Å². The normalized spacial score (nSPS) is 14.9. The van der Waals surface area contributed by atoms with Crippen LogP contribution in [0.5, 0.6) is 0 Å². The SMILES string of the molecule is C[C@@H](NCC(=O)Nc1ccccc1C(=O)NC1CC1)c1cccs1. The van der Waals surface area contributed by atoms with Crippen LogP contribution >= 0.6 is 11.3 Å². The van der Waals surface area contributed by atoms with Gasteiger partial charge in [-0.2, -0.15) is 0 Å². The van der Waals surface area contributed by atoms with Gasteiger partial charge in [-0.15, -0.1) is 11.3 Å². The number of rotatable bonds is 7. The average molecular weight is 343 g/mol. The van der Waals surface area contributed by atoms with Crippen LogP contribution in [0.15, 0.2) is 41.8 Å².